The first-order valence-electron chi connectivity index (χ1n) is 7.35. The third kappa shape index (κ3) is 4.85. The first kappa shape index (κ1) is 17.1. The summed E-state index contributed by atoms with van der Waals surface area (Å²) in [4.78, 5) is 4.06. The van der Waals surface area contributed by atoms with Gasteiger partial charge in [0.15, 0.2) is 0 Å². The topological polar surface area (TPSA) is 69.2 Å². The van der Waals surface area contributed by atoms with E-state index in [9.17, 15) is 4.39 Å². The van der Waals surface area contributed by atoms with E-state index in [-0.39, 0.29) is 18.0 Å². The number of nitrogens with zero attached hydrogens (tertiary/aromatic N) is 1. The summed E-state index contributed by atoms with van der Waals surface area (Å²) in [5.41, 5.74) is 4.88. The van der Waals surface area contributed by atoms with Gasteiger partial charge in [-0.15, -0.1) is 0 Å². The van der Waals surface area contributed by atoms with Gasteiger partial charge in [0.25, 0.3) is 0 Å². The molecule has 0 radical (unpaired) electrons. The zero-order valence-electron chi connectivity index (χ0n) is 13.1. The molecule has 0 aliphatic rings. The number of hydroxylamine groups is 1. The zero-order valence-corrected chi connectivity index (χ0v) is 13.1. The van der Waals surface area contributed by atoms with Gasteiger partial charge in [0, 0.05) is 5.56 Å². The van der Waals surface area contributed by atoms with Crippen LogP contribution in [-0.2, 0) is 0 Å². The molecule has 5 nitrogen and oxygen atoms in total. The minimum atomic E-state index is -0.342. The molecule has 1 aromatic carbocycles. The summed E-state index contributed by atoms with van der Waals surface area (Å²) in [6.07, 6.45) is 4.73. The van der Waals surface area contributed by atoms with Crippen molar-refractivity contribution in [3.63, 3.8) is 0 Å². The number of nitrogens with one attached hydrogen (secondary N) is 3. The van der Waals surface area contributed by atoms with Crippen molar-refractivity contribution in [3.05, 3.63) is 60.2 Å². The molecule has 1 aromatic heterocycles. The Morgan fingerprint density at radius 1 is 1.17 bits per heavy atom. The molecular formula is C17H21FN4O. The highest BCUT2D eigenvalue weighted by Gasteiger charge is 2.11. The first-order valence-corrected chi connectivity index (χ1v) is 7.35. The number of aromatic nitrogens is 1. The Hall–Kier alpha value is -2.28. The molecule has 6 heteroatoms. The van der Waals surface area contributed by atoms with Crippen molar-refractivity contribution < 1.29 is 9.60 Å². The molecular weight excluding hydrogens is 295 g/mol. The Labute approximate surface area is 135 Å². The van der Waals surface area contributed by atoms with Gasteiger partial charge < -0.3 is 15.8 Å². The van der Waals surface area contributed by atoms with Gasteiger partial charge in [0.05, 0.1) is 17.9 Å². The quantitative estimate of drug-likeness (QED) is 0.466. The van der Waals surface area contributed by atoms with Crippen molar-refractivity contribution in [2.24, 2.45) is 0 Å². The monoisotopic (exact) mass is 316 g/mol. The third-order valence-electron chi connectivity index (χ3n) is 3.52. The van der Waals surface area contributed by atoms with E-state index in [2.05, 4.69) is 21.1 Å². The molecule has 0 bridgehead atoms. The van der Waals surface area contributed by atoms with Crippen molar-refractivity contribution >= 4 is 6.08 Å². The minimum Gasteiger partial charge on any atom is -0.385 e. The van der Waals surface area contributed by atoms with Gasteiger partial charge in [-0.3, -0.25) is 4.98 Å². The maximum atomic E-state index is 12.9. The summed E-state index contributed by atoms with van der Waals surface area (Å²) in [7, 11) is 1.76. The van der Waals surface area contributed by atoms with E-state index in [1.807, 2.05) is 43.5 Å². The average molecular weight is 316 g/mol. The predicted molar refractivity (Wildman–Crippen MR) is 89.0 cm³/mol. The van der Waals surface area contributed by atoms with Crippen LogP contribution in [0.2, 0.25) is 0 Å². The molecule has 4 N–H and O–H groups in total. The van der Waals surface area contributed by atoms with Gasteiger partial charge in [-0.05, 0) is 43.9 Å². The van der Waals surface area contributed by atoms with Crippen LogP contribution in [0.15, 0.2) is 48.8 Å². The largest absolute Gasteiger partial charge is 0.385 e. The van der Waals surface area contributed by atoms with Crippen molar-refractivity contribution in [2.75, 3.05) is 7.05 Å². The highest BCUT2D eigenvalue weighted by Crippen LogP contribution is 2.18. The molecule has 23 heavy (non-hydrogen) atoms. The van der Waals surface area contributed by atoms with Crippen LogP contribution < -0.4 is 16.1 Å². The highest BCUT2D eigenvalue weighted by atomic mass is 19.1. The predicted octanol–water partition coefficient (Wildman–Crippen LogP) is 2.36. The summed E-state index contributed by atoms with van der Waals surface area (Å²) in [6, 6.07) is 10.9. The Morgan fingerprint density at radius 3 is 2.48 bits per heavy atom. The number of hydrogen-bond donors (Lipinski definition) is 4. The lowest BCUT2D eigenvalue weighted by Crippen LogP contribution is -2.51. The average Bonchev–Trinajstić information content (AvgIpc) is 2.57. The second kappa shape index (κ2) is 8.38. The number of pyridine rings is 1. The summed E-state index contributed by atoms with van der Waals surface area (Å²) in [6.45, 7) is 1.94. The van der Waals surface area contributed by atoms with Crippen molar-refractivity contribution in [1.29, 1.82) is 0 Å². The zero-order chi connectivity index (χ0) is 16.7. The van der Waals surface area contributed by atoms with Gasteiger partial charge in [-0.25, -0.2) is 4.39 Å². The number of hydrogen-bond acceptors (Lipinski definition) is 5. The van der Waals surface area contributed by atoms with E-state index in [0.29, 0.717) is 0 Å². The highest BCUT2D eigenvalue weighted by molar-refractivity contribution is 5.62. The maximum absolute atomic E-state index is 12.9. The smallest absolute Gasteiger partial charge is 0.141 e. The summed E-state index contributed by atoms with van der Waals surface area (Å²) >= 11 is 0. The molecule has 2 aromatic rings. The lowest BCUT2D eigenvalue weighted by atomic mass is 10.1. The lowest BCUT2D eigenvalue weighted by Gasteiger charge is -2.21. The normalized spacial score (nSPS) is 13.9. The van der Waals surface area contributed by atoms with Crippen LogP contribution in [0.1, 0.15) is 12.5 Å². The molecule has 2 unspecified atom stereocenters. The molecule has 0 aliphatic carbocycles. The van der Waals surface area contributed by atoms with E-state index in [0.717, 1.165) is 16.8 Å². The molecule has 0 saturated carbocycles. The fourth-order valence-corrected chi connectivity index (χ4v) is 2.13. The van der Waals surface area contributed by atoms with Crippen LogP contribution in [0, 0.1) is 5.82 Å². The van der Waals surface area contributed by atoms with Crippen molar-refractivity contribution in [1.82, 2.24) is 21.1 Å². The Bertz CT molecular complexity index is 624. The van der Waals surface area contributed by atoms with Crippen LogP contribution in [0.5, 0.6) is 0 Å². The SMILES string of the molecule is CNC(NO)C(C)NC=Cc1ccc(-c2ccc(F)cn2)cc1. The van der Waals surface area contributed by atoms with Crippen LogP contribution in [0.3, 0.4) is 0 Å². The van der Waals surface area contributed by atoms with Gasteiger partial charge >= 0.3 is 0 Å². The number of halogens is 1. The van der Waals surface area contributed by atoms with E-state index in [1.165, 1.54) is 12.3 Å². The van der Waals surface area contributed by atoms with Gasteiger partial charge in [0.2, 0.25) is 0 Å². The van der Waals surface area contributed by atoms with E-state index >= 15 is 0 Å². The van der Waals surface area contributed by atoms with Gasteiger partial charge in [-0.1, -0.05) is 24.3 Å². The molecule has 0 aliphatic heterocycles. The maximum Gasteiger partial charge on any atom is 0.141 e. The van der Waals surface area contributed by atoms with Crippen molar-refractivity contribution in [2.45, 2.75) is 19.1 Å². The standard InChI is InChI=1S/C17H21FN4O/c1-12(17(19-2)22-23)20-10-9-13-3-5-14(6-4-13)16-8-7-15(18)11-21-16/h3-12,17,19-20,22-23H,1-2H3. The van der Waals surface area contributed by atoms with E-state index in [1.54, 1.807) is 13.1 Å². The number of rotatable bonds is 7. The van der Waals surface area contributed by atoms with Crippen LogP contribution in [0.25, 0.3) is 17.3 Å². The number of benzene rings is 1. The van der Waals surface area contributed by atoms with E-state index in [4.69, 9.17) is 5.21 Å². The Kier molecular flexibility index (Phi) is 6.22. The van der Waals surface area contributed by atoms with Crippen molar-refractivity contribution in [3.8, 4) is 11.3 Å². The van der Waals surface area contributed by atoms with Gasteiger partial charge in [-0.2, -0.15) is 5.48 Å². The first-order chi connectivity index (χ1) is 11.1. The van der Waals surface area contributed by atoms with Crippen LogP contribution in [-0.4, -0.2) is 29.4 Å². The molecule has 2 atom stereocenters. The molecule has 2 rings (SSSR count). The molecule has 1 heterocycles. The second-order valence-corrected chi connectivity index (χ2v) is 5.17. The summed E-state index contributed by atoms with van der Waals surface area (Å²) < 4.78 is 12.9. The Morgan fingerprint density at radius 2 is 1.91 bits per heavy atom. The third-order valence-corrected chi connectivity index (χ3v) is 3.52. The second-order valence-electron chi connectivity index (χ2n) is 5.17. The Balaban J connectivity index is 1.97. The molecule has 0 saturated heterocycles. The molecule has 0 fully saturated rings. The minimum absolute atomic E-state index is 0.00365. The van der Waals surface area contributed by atoms with Crippen LogP contribution >= 0.6 is 0 Å². The fraction of sp³-hybridized carbons (Fsp3) is 0.235. The molecule has 0 amide bonds. The lowest BCUT2D eigenvalue weighted by molar-refractivity contribution is 0.0993. The van der Waals surface area contributed by atoms with Gasteiger partial charge in [0.1, 0.15) is 12.0 Å². The van der Waals surface area contributed by atoms with E-state index < -0.39 is 0 Å². The van der Waals surface area contributed by atoms with Crippen LogP contribution in [0.4, 0.5) is 4.39 Å². The summed E-state index contributed by atoms with van der Waals surface area (Å²) in [5.74, 6) is -0.342. The summed E-state index contributed by atoms with van der Waals surface area (Å²) in [5, 5.41) is 15.1. The fourth-order valence-electron chi connectivity index (χ4n) is 2.13. The molecule has 122 valence electrons. The molecule has 0 spiro atoms. The number of likely N-dealkylation sites (N-methyl/N-ethyl adjacent to an activating group) is 1.